The van der Waals surface area contributed by atoms with Gasteiger partial charge in [-0.1, -0.05) is 25.1 Å². The van der Waals surface area contributed by atoms with E-state index in [4.69, 9.17) is 0 Å². The number of aryl methyl sites for hydroxylation is 2. The van der Waals surface area contributed by atoms with Crippen molar-refractivity contribution >= 4 is 17.3 Å². The molecule has 0 saturated carbocycles. The molecule has 0 radical (unpaired) electrons. The lowest BCUT2D eigenvalue weighted by molar-refractivity contribution is -0.116. The summed E-state index contributed by atoms with van der Waals surface area (Å²) in [7, 11) is 1.87. The highest BCUT2D eigenvalue weighted by atomic mass is 16.2. The fourth-order valence-electron chi connectivity index (χ4n) is 1.99. The van der Waals surface area contributed by atoms with E-state index in [-0.39, 0.29) is 11.9 Å². The van der Waals surface area contributed by atoms with Gasteiger partial charge in [-0.25, -0.2) is 0 Å². The molecule has 1 atom stereocenters. The number of rotatable bonds is 5. The normalized spacial score (nSPS) is 11.9. The van der Waals surface area contributed by atoms with Crippen LogP contribution in [-0.2, 0) is 18.3 Å². The van der Waals surface area contributed by atoms with Crippen molar-refractivity contribution in [2.24, 2.45) is 7.05 Å². The monoisotopic (exact) mass is 272 g/mol. The maximum atomic E-state index is 12.1. The van der Waals surface area contributed by atoms with Gasteiger partial charge in [0.1, 0.15) is 6.04 Å². The van der Waals surface area contributed by atoms with Crippen molar-refractivity contribution in [2.45, 2.75) is 26.3 Å². The molecule has 0 aliphatic rings. The summed E-state index contributed by atoms with van der Waals surface area (Å²) in [5, 5.41) is 10.4. The Hall–Kier alpha value is -2.30. The van der Waals surface area contributed by atoms with Gasteiger partial charge in [-0.3, -0.25) is 9.48 Å². The van der Waals surface area contributed by atoms with Gasteiger partial charge in [0.15, 0.2) is 0 Å². The second-order valence-corrected chi connectivity index (χ2v) is 4.74. The van der Waals surface area contributed by atoms with Gasteiger partial charge >= 0.3 is 0 Å². The predicted molar refractivity (Wildman–Crippen MR) is 80.7 cm³/mol. The standard InChI is InChI=1S/C15H20N4O/c1-4-13-14(10-19(3)18-13)16-11(2)15(20)17-12-8-6-5-7-9-12/h5-11,16H,4H2,1-3H3,(H,17,20). The number of para-hydroxylation sites is 1. The Kier molecular flexibility index (Phi) is 4.40. The van der Waals surface area contributed by atoms with Crippen molar-refractivity contribution in [3.63, 3.8) is 0 Å². The van der Waals surface area contributed by atoms with Crippen molar-refractivity contribution in [1.82, 2.24) is 9.78 Å². The van der Waals surface area contributed by atoms with Crippen LogP contribution >= 0.6 is 0 Å². The summed E-state index contributed by atoms with van der Waals surface area (Å²) in [6.07, 6.45) is 2.72. The van der Waals surface area contributed by atoms with E-state index in [1.807, 2.05) is 57.4 Å². The summed E-state index contributed by atoms with van der Waals surface area (Å²) < 4.78 is 1.75. The van der Waals surface area contributed by atoms with E-state index in [2.05, 4.69) is 15.7 Å². The molecule has 2 rings (SSSR count). The molecule has 1 aromatic carbocycles. The van der Waals surface area contributed by atoms with Crippen molar-refractivity contribution in [1.29, 1.82) is 0 Å². The summed E-state index contributed by atoms with van der Waals surface area (Å²) in [6, 6.07) is 9.11. The minimum absolute atomic E-state index is 0.0675. The fourth-order valence-corrected chi connectivity index (χ4v) is 1.99. The number of anilines is 2. The van der Waals surface area contributed by atoms with Crippen LogP contribution in [0.1, 0.15) is 19.5 Å². The number of aromatic nitrogens is 2. The number of nitrogens with one attached hydrogen (secondary N) is 2. The van der Waals surface area contributed by atoms with Crippen LogP contribution in [0.5, 0.6) is 0 Å². The number of hydrogen-bond donors (Lipinski definition) is 2. The van der Waals surface area contributed by atoms with Gasteiger partial charge in [-0.2, -0.15) is 5.10 Å². The minimum atomic E-state index is -0.329. The minimum Gasteiger partial charge on any atom is -0.371 e. The lowest BCUT2D eigenvalue weighted by Gasteiger charge is -2.14. The van der Waals surface area contributed by atoms with Crippen LogP contribution in [0.4, 0.5) is 11.4 Å². The van der Waals surface area contributed by atoms with E-state index in [9.17, 15) is 4.79 Å². The van der Waals surface area contributed by atoms with Crippen molar-refractivity contribution in [3.8, 4) is 0 Å². The van der Waals surface area contributed by atoms with Crippen LogP contribution in [0.3, 0.4) is 0 Å². The van der Waals surface area contributed by atoms with E-state index in [1.165, 1.54) is 0 Å². The third kappa shape index (κ3) is 3.38. The Morgan fingerprint density at radius 1 is 1.35 bits per heavy atom. The number of benzene rings is 1. The van der Waals surface area contributed by atoms with Gasteiger partial charge in [-0.15, -0.1) is 0 Å². The van der Waals surface area contributed by atoms with Gasteiger partial charge in [0.05, 0.1) is 11.4 Å². The zero-order chi connectivity index (χ0) is 14.5. The first-order chi connectivity index (χ1) is 9.60. The summed E-state index contributed by atoms with van der Waals surface area (Å²) in [6.45, 7) is 3.88. The second kappa shape index (κ2) is 6.23. The lowest BCUT2D eigenvalue weighted by atomic mass is 10.2. The molecule has 0 aliphatic heterocycles. The summed E-state index contributed by atoms with van der Waals surface area (Å²) >= 11 is 0. The first kappa shape index (κ1) is 14.1. The van der Waals surface area contributed by atoms with E-state index < -0.39 is 0 Å². The molecule has 1 amide bonds. The number of amides is 1. The molecule has 2 N–H and O–H groups in total. The molecule has 0 aliphatic carbocycles. The Bertz CT molecular complexity index is 577. The zero-order valence-corrected chi connectivity index (χ0v) is 12.1. The highest BCUT2D eigenvalue weighted by molar-refractivity contribution is 5.96. The number of hydrogen-bond acceptors (Lipinski definition) is 3. The summed E-state index contributed by atoms with van der Waals surface area (Å²) in [5.74, 6) is -0.0675. The molecule has 0 fully saturated rings. The lowest BCUT2D eigenvalue weighted by Crippen LogP contribution is -2.32. The van der Waals surface area contributed by atoms with E-state index >= 15 is 0 Å². The predicted octanol–water partition coefficient (Wildman–Crippen LogP) is 2.42. The maximum absolute atomic E-state index is 12.1. The quantitative estimate of drug-likeness (QED) is 0.879. The van der Waals surface area contributed by atoms with E-state index in [1.54, 1.807) is 4.68 Å². The molecule has 20 heavy (non-hydrogen) atoms. The molecule has 1 aromatic heterocycles. The third-order valence-corrected chi connectivity index (χ3v) is 3.05. The Morgan fingerprint density at radius 3 is 2.70 bits per heavy atom. The highest BCUT2D eigenvalue weighted by Crippen LogP contribution is 2.15. The van der Waals surface area contributed by atoms with Crippen LogP contribution in [0.2, 0.25) is 0 Å². The third-order valence-electron chi connectivity index (χ3n) is 3.05. The fraction of sp³-hybridized carbons (Fsp3) is 0.333. The SMILES string of the molecule is CCc1nn(C)cc1NC(C)C(=O)Nc1ccccc1. The molecular formula is C15H20N4O. The molecule has 0 bridgehead atoms. The van der Waals surface area contributed by atoms with Crippen LogP contribution in [0.25, 0.3) is 0 Å². The number of nitrogens with zero attached hydrogens (tertiary/aromatic N) is 2. The average molecular weight is 272 g/mol. The Balaban J connectivity index is 2.00. The smallest absolute Gasteiger partial charge is 0.246 e. The second-order valence-electron chi connectivity index (χ2n) is 4.74. The molecule has 106 valence electrons. The van der Waals surface area contributed by atoms with Crippen molar-refractivity contribution in [2.75, 3.05) is 10.6 Å². The first-order valence-electron chi connectivity index (χ1n) is 6.75. The first-order valence-corrected chi connectivity index (χ1v) is 6.75. The van der Waals surface area contributed by atoms with Crippen LogP contribution in [0, 0.1) is 0 Å². The van der Waals surface area contributed by atoms with Gasteiger partial charge < -0.3 is 10.6 Å². The van der Waals surface area contributed by atoms with Crippen LogP contribution < -0.4 is 10.6 Å². The summed E-state index contributed by atoms with van der Waals surface area (Å²) in [5.41, 5.74) is 2.67. The van der Waals surface area contributed by atoms with Crippen LogP contribution in [0.15, 0.2) is 36.5 Å². The van der Waals surface area contributed by atoms with Gasteiger partial charge in [-0.05, 0) is 25.5 Å². The molecule has 2 aromatic rings. The van der Waals surface area contributed by atoms with Gasteiger partial charge in [0.2, 0.25) is 5.91 Å². The van der Waals surface area contributed by atoms with Gasteiger partial charge in [0.25, 0.3) is 0 Å². The molecule has 5 heteroatoms. The van der Waals surface area contributed by atoms with Crippen LogP contribution in [-0.4, -0.2) is 21.7 Å². The Morgan fingerprint density at radius 2 is 2.05 bits per heavy atom. The largest absolute Gasteiger partial charge is 0.371 e. The molecular weight excluding hydrogens is 252 g/mol. The van der Waals surface area contributed by atoms with Crippen molar-refractivity contribution < 1.29 is 4.79 Å². The van der Waals surface area contributed by atoms with Crippen molar-refractivity contribution in [3.05, 3.63) is 42.2 Å². The maximum Gasteiger partial charge on any atom is 0.246 e. The average Bonchev–Trinajstić information content (AvgIpc) is 2.79. The molecule has 0 spiro atoms. The highest BCUT2D eigenvalue weighted by Gasteiger charge is 2.15. The molecule has 1 unspecified atom stereocenters. The van der Waals surface area contributed by atoms with E-state index in [0.717, 1.165) is 23.5 Å². The Labute approximate surface area is 119 Å². The van der Waals surface area contributed by atoms with E-state index in [0.29, 0.717) is 0 Å². The van der Waals surface area contributed by atoms with Gasteiger partial charge in [0, 0.05) is 18.9 Å². The molecule has 1 heterocycles. The topological polar surface area (TPSA) is 59.0 Å². The summed E-state index contributed by atoms with van der Waals surface area (Å²) in [4.78, 5) is 12.1. The molecule has 0 saturated heterocycles. The number of carbonyl (C=O) groups excluding carboxylic acids is 1. The zero-order valence-electron chi connectivity index (χ0n) is 12.1. The number of carbonyl (C=O) groups is 1. The molecule has 5 nitrogen and oxygen atoms in total.